The first-order valence-corrected chi connectivity index (χ1v) is 5.74. The fourth-order valence-electron chi connectivity index (χ4n) is 1.41. The third-order valence-corrected chi connectivity index (χ3v) is 2.71. The Morgan fingerprint density at radius 1 is 1.53 bits per heavy atom. The van der Waals surface area contributed by atoms with Crippen molar-refractivity contribution in [1.82, 2.24) is 5.32 Å². The van der Waals surface area contributed by atoms with Gasteiger partial charge in [-0.15, -0.1) is 0 Å². The maximum atomic E-state index is 11.4. The van der Waals surface area contributed by atoms with Gasteiger partial charge in [-0.3, -0.25) is 9.59 Å². The Morgan fingerprint density at radius 2 is 2.29 bits per heavy atom. The van der Waals surface area contributed by atoms with E-state index >= 15 is 0 Å². The molecule has 1 aliphatic carbocycles. The third-order valence-electron chi connectivity index (χ3n) is 2.41. The first kappa shape index (κ1) is 11.9. The summed E-state index contributed by atoms with van der Waals surface area (Å²) >= 11 is 5.89. The van der Waals surface area contributed by atoms with E-state index in [9.17, 15) is 9.59 Å². The predicted octanol–water partition coefficient (Wildman–Crippen LogP) is 1.81. The molecule has 0 aliphatic heterocycles. The summed E-state index contributed by atoms with van der Waals surface area (Å²) in [6.07, 6.45) is 2.70. The van der Waals surface area contributed by atoms with E-state index in [2.05, 4.69) is 5.32 Å². The lowest BCUT2D eigenvalue weighted by Gasteiger charge is -2.09. The van der Waals surface area contributed by atoms with Gasteiger partial charge in [0, 0.05) is 6.04 Å². The molecule has 0 saturated heterocycles. The highest BCUT2D eigenvalue weighted by Crippen LogP contribution is 2.27. The molecule has 1 fully saturated rings. The average Bonchev–Trinajstić information content (AvgIpc) is 3.11. The van der Waals surface area contributed by atoms with Gasteiger partial charge in [0.1, 0.15) is 5.75 Å². The molecule has 0 spiro atoms. The van der Waals surface area contributed by atoms with Crippen LogP contribution in [-0.2, 0) is 4.79 Å². The molecule has 0 heterocycles. The van der Waals surface area contributed by atoms with Crippen molar-refractivity contribution in [2.75, 3.05) is 6.61 Å². The summed E-state index contributed by atoms with van der Waals surface area (Å²) < 4.78 is 5.27. The molecule has 1 aromatic rings. The molecule has 1 N–H and O–H groups in total. The summed E-state index contributed by atoms with van der Waals surface area (Å²) in [5.41, 5.74) is 0.344. The molecule has 17 heavy (non-hydrogen) atoms. The van der Waals surface area contributed by atoms with Crippen molar-refractivity contribution in [3.63, 3.8) is 0 Å². The fraction of sp³-hybridized carbons (Fsp3) is 0.333. The van der Waals surface area contributed by atoms with Crippen molar-refractivity contribution in [2.45, 2.75) is 18.9 Å². The molecule has 1 aromatic carbocycles. The van der Waals surface area contributed by atoms with Gasteiger partial charge >= 0.3 is 0 Å². The van der Waals surface area contributed by atoms with E-state index in [-0.39, 0.29) is 18.3 Å². The standard InChI is InChI=1S/C12H12ClNO3/c13-10-3-1-2-8(6-15)12(10)17-7-11(16)14-9-4-5-9/h1-3,6,9H,4-5,7H2,(H,14,16). The molecule has 5 heteroatoms. The van der Waals surface area contributed by atoms with Gasteiger partial charge in [0.2, 0.25) is 0 Å². The van der Waals surface area contributed by atoms with Gasteiger partial charge in [-0.2, -0.15) is 0 Å². The van der Waals surface area contributed by atoms with Crippen LogP contribution in [0.15, 0.2) is 18.2 Å². The van der Waals surface area contributed by atoms with Crippen LogP contribution in [0.1, 0.15) is 23.2 Å². The number of rotatable bonds is 5. The zero-order valence-electron chi connectivity index (χ0n) is 9.11. The zero-order chi connectivity index (χ0) is 12.3. The van der Waals surface area contributed by atoms with Gasteiger partial charge in [0.05, 0.1) is 10.6 Å². The summed E-state index contributed by atoms with van der Waals surface area (Å²) in [5, 5.41) is 3.11. The highest BCUT2D eigenvalue weighted by molar-refractivity contribution is 6.32. The first-order valence-electron chi connectivity index (χ1n) is 5.36. The number of benzene rings is 1. The van der Waals surface area contributed by atoms with Crippen LogP contribution in [0.3, 0.4) is 0 Å². The number of hydrogen-bond donors (Lipinski definition) is 1. The van der Waals surface area contributed by atoms with E-state index in [1.807, 2.05) is 0 Å². The lowest BCUT2D eigenvalue weighted by atomic mass is 10.2. The highest BCUT2D eigenvalue weighted by Gasteiger charge is 2.23. The Bertz CT molecular complexity index is 443. The van der Waals surface area contributed by atoms with Crippen molar-refractivity contribution < 1.29 is 14.3 Å². The Morgan fingerprint density at radius 3 is 2.94 bits per heavy atom. The summed E-state index contributed by atoms with van der Waals surface area (Å²) in [5.74, 6) is 0.0689. The minimum Gasteiger partial charge on any atom is -0.481 e. The predicted molar refractivity (Wildman–Crippen MR) is 63.5 cm³/mol. The molecule has 2 rings (SSSR count). The maximum Gasteiger partial charge on any atom is 0.258 e. The smallest absolute Gasteiger partial charge is 0.258 e. The number of halogens is 1. The second-order valence-electron chi connectivity index (χ2n) is 3.91. The Labute approximate surface area is 104 Å². The number of amides is 1. The van der Waals surface area contributed by atoms with Crippen LogP contribution < -0.4 is 10.1 Å². The van der Waals surface area contributed by atoms with Crippen molar-refractivity contribution in [3.05, 3.63) is 28.8 Å². The summed E-state index contributed by atoms with van der Waals surface area (Å²) in [4.78, 5) is 22.2. The van der Waals surface area contributed by atoms with E-state index in [0.29, 0.717) is 22.9 Å². The molecule has 0 atom stereocenters. The minimum atomic E-state index is -0.190. The minimum absolute atomic E-state index is 0.124. The average molecular weight is 254 g/mol. The molecule has 90 valence electrons. The molecule has 0 bridgehead atoms. The fourth-order valence-corrected chi connectivity index (χ4v) is 1.64. The lowest BCUT2D eigenvalue weighted by molar-refractivity contribution is -0.123. The monoisotopic (exact) mass is 253 g/mol. The molecule has 0 unspecified atom stereocenters. The molecule has 1 aliphatic rings. The largest absolute Gasteiger partial charge is 0.481 e. The second-order valence-corrected chi connectivity index (χ2v) is 4.31. The highest BCUT2D eigenvalue weighted by atomic mass is 35.5. The van der Waals surface area contributed by atoms with Crippen LogP contribution >= 0.6 is 11.6 Å². The Balaban J connectivity index is 1.97. The van der Waals surface area contributed by atoms with Crippen LogP contribution in [0.25, 0.3) is 0 Å². The zero-order valence-corrected chi connectivity index (χ0v) is 9.87. The quantitative estimate of drug-likeness (QED) is 0.815. The van der Waals surface area contributed by atoms with Gasteiger partial charge < -0.3 is 10.1 Å². The van der Waals surface area contributed by atoms with E-state index in [4.69, 9.17) is 16.3 Å². The Hall–Kier alpha value is -1.55. The summed E-state index contributed by atoms with van der Waals surface area (Å²) in [7, 11) is 0. The molecule has 1 amide bonds. The number of nitrogens with one attached hydrogen (secondary N) is 1. The van der Waals surface area contributed by atoms with Gasteiger partial charge in [0.25, 0.3) is 5.91 Å². The molecular weight excluding hydrogens is 242 g/mol. The topological polar surface area (TPSA) is 55.4 Å². The van der Waals surface area contributed by atoms with E-state index in [1.54, 1.807) is 18.2 Å². The van der Waals surface area contributed by atoms with Crippen molar-refractivity contribution in [1.29, 1.82) is 0 Å². The molecule has 1 saturated carbocycles. The van der Waals surface area contributed by atoms with Crippen LogP contribution in [-0.4, -0.2) is 24.8 Å². The molecule has 0 aromatic heterocycles. The van der Waals surface area contributed by atoms with Crippen molar-refractivity contribution in [2.24, 2.45) is 0 Å². The number of aldehydes is 1. The Kier molecular flexibility index (Phi) is 3.64. The van der Waals surface area contributed by atoms with Crippen molar-refractivity contribution >= 4 is 23.8 Å². The lowest BCUT2D eigenvalue weighted by Crippen LogP contribution is -2.30. The van der Waals surface area contributed by atoms with Crippen LogP contribution in [0.2, 0.25) is 5.02 Å². The third kappa shape index (κ3) is 3.20. The normalized spacial score (nSPS) is 14.2. The van der Waals surface area contributed by atoms with Gasteiger partial charge in [0.15, 0.2) is 12.9 Å². The molecule has 0 radical (unpaired) electrons. The number of carbonyl (C=O) groups is 2. The van der Waals surface area contributed by atoms with Crippen molar-refractivity contribution in [3.8, 4) is 5.75 Å². The maximum absolute atomic E-state index is 11.4. The summed E-state index contributed by atoms with van der Waals surface area (Å²) in [6, 6.07) is 5.15. The molecule has 4 nitrogen and oxygen atoms in total. The number of ether oxygens (including phenoxy) is 1. The van der Waals surface area contributed by atoms with E-state index in [1.165, 1.54) is 0 Å². The van der Waals surface area contributed by atoms with Gasteiger partial charge in [-0.1, -0.05) is 17.7 Å². The number of para-hydroxylation sites is 1. The second kappa shape index (κ2) is 5.19. The van der Waals surface area contributed by atoms with E-state index in [0.717, 1.165) is 12.8 Å². The number of hydrogen-bond acceptors (Lipinski definition) is 3. The van der Waals surface area contributed by atoms with Crippen LogP contribution in [0, 0.1) is 0 Å². The van der Waals surface area contributed by atoms with Gasteiger partial charge in [-0.05, 0) is 25.0 Å². The molecular formula is C12H12ClNO3. The van der Waals surface area contributed by atoms with Crippen LogP contribution in [0.4, 0.5) is 0 Å². The van der Waals surface area contributed by atoms with E-state index < -0.39 is 0 Å². The number of carbonyl (C=O) groups excluding carboxylic acids is 2. The SMILES string of the molecule is O=Cc1cccc(Cl)c1OCC(=O)NC1CC1. The van der Waals surface area contributed by atoms with Gasteiger partial charge in [-0.25, -0.2) is 0 Å². The summed E-state index contributed by atoms with van der Waals surface area (Å²) in [6.45, 7) is -0.124. The first-order chi connectivity index (χ1) is 8.20. The van der Waals surface area contributed by atoms with Crippen LogP contribution in [0.5, 0.6) is 5.75 Å².